The fourth-order valence-electron chi connectivity index (χ4n) is 6.86. The summed E-state index contributed by atoms with van der Waals surface area (Å²) in [6, 6.07) is 18.4. The topological polar surface area (TPSA) is 0 Å². The smallest absolute Gasteiger partial charge is 1.00 e. The van der Waals surface area contributed by atoms with E-state index in [0.29, 0.717) is 0 Å². The van der Waals surface area contributed by atoms with E-state index in [1.54, 1.807) is 11.1 Å². The molecule has 3 heteroatoms. The van der Waals surface area contributed by atoms with Crippen LogP contribution in [0.15, 0.2) is 60.7 Å². The number of benzene rings is 2. The molecule has 0 saturated carbocycles. The van der Waals surface area contributed by atoms with Gasteiger partial charge in [-0.1, -0.05) is 0 Å². The summed E-state index contributed by atoms with van der Waals surface area (Å²) in [5.41, 5.74) is 6.23. The van der Waals surface area contributed by atoms with Crippen LogP contribution in [-0.2, 0) is 20.3 Å². The van der Waals surface area contributed by atoms with Crippen molar-refractivity contribution < 1.29 is 45.1 Å². The van der Waals surface area contributed by atoms with Gasteiger partial charge < -0.3 is 24.8 Å². The standard InChI is InChI=1S/2C9H7.C8H16.2ClH.Zr/c2*1-2-5-9-7-3-6-8(9)4-1;1-7(2)5-6-8(3)4;;;/h2*1-7H;5-8H,1-4H3;2*1H;/q;;;;;+2/p-2. The van der Waals surface area contributed by atoms with E-state index in [1.165, 1.54) is 11.1 Å². The van der Waals surface area contributed by atoms with Crippen LogP contribution in [0.3, 0.4) is 0 Å². The molecule has 0 nitrogen and oxygen atoms in total. The SMILES string of the molecule is CC(C)[CH]1[CH](C(C)C)[Zr+2]1([CH]1C=Cc2ccccc21)[CH]1C=Cc2ccccc21.[Cl-].[Cl-]. The minimum absolute atomic E-state index is 0. The maximum Gasteiger partial charge on any atom is -1.00 e. The van der Waals surface area contributed by atoms with Gasteiger partial charge in [-0.05, 0) is 0 Å². The zero-order valence-electron chi connectivity index (χ0n) is 17.6. The summed E-state index contributed by atoms with van der Waals surface area (Å²) < 4.78 is 3.41. The van der Waals surface area contributed by atoms with Crippen molar-refractivity contribution in [3.8, 4) is 0 Å². The Morgan fingerprint density at radius 2 is 1.00 bits per heavy atom. The third kappa shape index (κ3) is 3.28. The number of halogens is 2. The Morgan fingerprint density at radius 3 is 1.38 bits per heavy atom. The van der Waals surface area contributed by atoms with Crippen LogP contribution in [0.25, 0.3) is 12.2 Å². The third-order valence-electron chi connectivity index (χ3n) is 7.54. The van der Waals surface area contributed by atoms with Gasteiger partial charge >= 0.3 is 169 Å². The van der Waals surface area contributed by atoms with Gasteiger partial charge in [0.25, 0.3) is 0 Å². The Morgan fingerprint density at radius 1 is 0.621 bits per heavy atom. The largest absolute Gasteiger partial charge is 1.00 e. The molecule has 0 aromatic heterocycles. The molecule has 2 aromatic rings. The molecule has 4 unspecified atom stereocenters. The molecule has 0 radical (unpaired) electrons. The minimum atomic E-state index is -2.65. The van der Waals surface area contributed by atoms with Gasteiger partial charge in [0, 0.05) is 0 Å². The van der Waals surface area contributed by atoms with Gasteiger partial charge in [0.05, 0.1) is 0 Å². The quantitative estimate of drug-likeness (QED) is 0.594. The Balaban J connectivity index is 0.00000120. The van der Waals surface area contributed by atoms with E-state index < -0.39 is 20.3 Å². The monoisotopic (exact) mass is 502 g/mol. The van der Waals surface area contributed by atoms with Crippen molar-refractivity contribution >= 4 is 12.2 Å². The molecule has 1 aliphatic heterocycles. The van der Waals surface area contributed by atoms with Crippen molar-refractivity contribution in [1.29, 1.82) is 0 Å². The van der Waals surface area contributed by atoms with Crippen molar-refractivity contribution in [1.82, 2.24) is 0 Å². The first-order chi connectivity index (χ1) is 13.1. The van der Waals surface area contributed by atoms with Crippen LogP contribution >= 0.6 is 0 Å². The molecule has 0 amide bonds. The molecule has 4 atom stereocenters. The normalized spacial score (nSPS) is 28.5. The third-order valence-corrected chi connectivity index (χ3v) is 25.1. The molecule has 152 valence electrons. The molecular formula is C26H30Cl2Zr. The van der Waals surface area contributed by atoms with E-state index in [-0.39, 0.29) is 24.8 Å². The summed E-state index contributed by atoms with van der Waals surface area (Å²) >= 11 is -2.65. The van der Waals surface area contributed by atoms with E-state index in [9.17, 15) is 0 Å². The van der Waals surface area contributed by atoms with Gasteiger partial charge in [-0.25, -0.2) is 0 Å². The van der Waals surface area contributed by atoms with Gasteiger partial charge in [-0.2, -0.15) is 0 Å². The summed E-state index contributed by atoms with van der Waals surface area (Å²) in [6.07, 6.45) is 10.1. The molecule has 5 rings (SSSR count). The fourth-order valence-corrected chi connectivity index (χ4v) is 30.7. The number of allylic oxidation sites excluding steroid dienone is 2. The number of hydrogen-bond donors (Lipinski definition) is 0. The molecule has 1 fully saturated rings. The van der Waals surface area contributed by atoms with Crippen LogP contribution in [-0.4, -0.2) is 0 Å². The first kappa shape index (κ1) is 23.1. The van der Waals surface area contributed by atoms with Gasteiger partial charge in [-0.3, -0.25) is 0 Å². The van der Waals surface area contributed by atoms with E-state index in [4.69, 9.17) is 0 Å². The first-order valence-electron chi connectivity index (χ1n) is 10.6. The average Bonchev–Trinajstić information content (AvgIpc) is 2.98. The Bertz CT molecular complexity index is 866. The van der Waals surface area contributed by atoms with Crippen molar-refractivity contribution in [3.63, 3.8) is 0 Å². The second-order valence-corrected chi connectivity index (χ2v) is 20.7. The zero-order valence-corrected chi connectivity index (χ0v) is 21.6. The molecule has 1 heterocycles. The zero-order chi connectivity index (χ0) is 18.8. The second kappa shape index (κ2) is 8.49. The number of rotatable bonds is 4. The fraction of sp³-hybridized carbons (Fsp3) is 0.385. The molecule has 0 N–H and O–H groups in total. The number of hydrogen-bond acceptors (Lipinski definition) is 0. The second-order valence-electron chi connectivity index (χ2n) is 9.47. The molecule has 1 saturated heterocycles. The van der Waals surface area contributed by atoms with Crippen LogP contribution in [0.4, 0.5) is 0 Å². The summed E-state index contributed by atoms with van der Waals surface area (Å²) in [5.74, 6) is 1.60. The minimum Gasteiger partial charge on any atom is -1.00 e. The molecule has 0 bridgehead atoms. The van der Waals surface area contributed by atoms with Gasteiger partial charge in [0.1, 0.15) is 0 Å². The first-order valence-corrected chi connectivity index (χ1v) is 16.3. The Labute approximate surface area is 193 Å². The van der Waals surface area contributed by atoms with Gasteiger partial charge in [0.15, 0.2) is 0 Å². The van der Waals surface area contributed by atoms with Crippen LogP contribution in [0.1, 0.15) is 57.2 Å². The van der Waals surface area contributed by atoms with E-state index in [0.717, 1.165) is 26.3 Å². The Kier molecular flexibility index (Phi) is 6.75. The van der Waals surface area contributed by atoms with Crippen LogP contribution in [0.2, 0.25) is 7.25 Å². The van der Waals surface area contributed by atoms with Gasteiger partial charge in [-0.15, -0.1) is 0 Å². The van der Waals surface area contributed by atoms with Crippen molar-refractivity contribution in [2.75, 3.05) is 0 Å². The predicted molar refractivity (Wildman–Crippen MR) is 114 cm³/mol. The van der Waals surface area contributed by atoms with Crippen molar-refractivity contribution in [2.24, 2.45) is 11.8 Å². The maximum atomic E-state index is 2.62. The maximum absolute atomic E-state index is 2.65. The molecule has 0 spiro atoms. The molecule has 3 aliphatic rings. The van der Waals surface area contributed by atoms with Crippen LogP contribution in [0.5, 0.6) is 0 Å². The molecular weight excluding hydrogens is 474 g/mol. The summed E-state index contributed by atoms with van der Waals surface area (Å²) in [7, 11) is 0. The predicted octanol–water partition coefficient (Wildman–Crippen LogP) is 1.59. The van der Waals surface area contributed by atoms with Gasteiger partial charge in [0.2, 0.25) is 0 Å². The summed E-state index contributed by atoms with van der Waals surface area (Å²) in [6.45, 7) is 9.98. The van der Waals surface area contributed by atoms with Crippen LogP contribution < -0.4 is 24.8 Å². The molecule has 2 aromatic carbocycles. The number of fused-ring (bicyclic) bond motifs is 2. The summed E-state index contributed by atoms with van der Waals surface area (Å²) in [5, 5.41) is 0. The molecule has 29 heavy (non-hydrogen) atoms. The molecule has 2 aliphatic carbocycles. The van der Waals surface area contributed by atoms with E-state index >= 15 is 0 Å². The van der Waals surface area contributed by atoms with E-state index in [2.05, 4.69) is 101 Å². The van der Waals surface area contributed by atoms with Crippen molar-refractivity contribution in [3.05, 3.63) is 82.9 Å². The van der Waals surface area contributed by atoms with Crippen LogP contribution in [0, 0.1) is 11.8 Å². The van der Waals surface area contributed by atoms with Crippen molar-refractivity contribution in [2.45, 2.75) is 42.2 Å². The summed E-state index contributed by atoms with van der Waals surface area (Å²) in [4.78, 5) is 0. The van der Waals surface area contributed by atoms with E-state index in [1.807, 2.05) is 0 Å². The Hall–Kier alpha value is -0.617. The average molecular weight is 505 g/mol.